The van der Waals surface area contributed by atoms with Crippen LogP contribution in [0.5, 0.6) is 0 Å². The summed E-state index contributed by atoms with van der Waals surface area (Å²) in [6.07, 6.45) is 3.32. The Kier molecular flexibility index (Phi) is 6.17. The third kappa shape index (κ3) is 4.47. The number of hydrogen-bond donors (Lipinski definition) is 2. The van der Waals surface area contributed by atoms with Crippen LogP contribution in [0.3, 0.4) is 0 Å². The van der Waals surface area contributed by atoms with Gasteiger partial charge in [-0.3, -0.25) is 11.3 Å². The molecule has 0 amide bonds. The Morgan fingerprint density at radius 3 is 2.67 bits per heavy atom. The second-order valence-corrected chi connectivity index (χ2v) is 4.52. The Bertz CT molecular complexity index is 161. The summed E-state index contributed by atoms with van der Waals surface area (Å²) in [6.45, 7) is 4.76. The normalized spacial score (nSPS) is 22.6. The van der Waals surface area contributed by atoms with Gasteiger partial charge in [0.05, 0.1) is 0 Å². The van der Waals surface area contributed by atoms with Crippen LogP contribution in [0.2, 0.25) is 0 Å². The van der Waals surface area contributed by atoms with Gasteiger partial charge in [-0.1, -0.05) is 6.92 Å². The highest BCUT2D eigenvalue weighted by atomic mass is 16.5. The average molecular weight is 216 g/mol. The molecule has 0 aromatic rings. The molecule has 1 saturated heterocycles. The van der Waals surface area contributed by atoms with Crippen LogP contribution in [-0.2, 0) is 9.47 Å². The number of hydrogen-bond acceptors (Lipinski definition) is 4. The number of methoxy groups -OCH3 is 1. The second-order valence-electron chi connectivity index (χ2n) is 4.52. The molecule has 4 heteroatoms. The van der Waals surface area contributed by atoms with E-state index in [-0.39, 0.29) is 0 Å². The Morgan fingerprint density at radius 2 is 2.13 bits per heavy atom. The summed E-state index contributed by atoms with van der Waals surface area (Å²) < 4.78 is 10.5. The molecule has 0 saturated carbocycles. The van der Waals surface area contributed by atoms with Gasteiger partial charge in [0.15, 0.2) is 0 Å². The van der Waals surface area contributed by atoms with Gasteiger partial charge in [0.25, 0.3) is 0 Å². The maximum atomic E-state index is 5.62. The Hall–Kier alpha value is -0.160. The fourth-order valence-electron chi connectivity index (χ4n) is 2.30. The summed E-state index contributed by atoms with van der Waals surface area (Å²) in [5.74, 6) is 6.83. The van der Waals surface area contributed by atoms with Gasteiger partial charge in [-0.25, -0.2) is 0 Å². The van der Waals surface area contributed by atoms with Crippen LogP contribution in [-0.4, -0.2) is 33.0 Å². The molecule has 2 atom stereocenters. The van der Waals surface area contributed by atoms with Gasteiger partial charge in [-0.2, -0.15) is 0 Å². The zero-order chi connectivity index (χ0) is 11.1. The summed E-state index contributed by atoms with van der Waals surface area (Å²) in [4.78, 5) is 0. The van der Waals surface area contributed by atoms with Crippen molar-refractivity contribution in [3.63, 3.8) is 0 Å². The fourth-order valence-corrected chi connectivity index (χ4v) is 2.30. The molecule has 1 fully saturated rings. The third-order valence-corrected chi connectivity index (χ3v) is 3.16. The van der Waals surface area contributed by atoms with E-state index in [1.54, 1.807) is 7.11 Å². The number of nitrogens with one attached hydrogen (secondary N) is 1. The van der Waals surface area contributed by atoms with E-state index in [0.29, 0.717) is 17.9 Å². The van der Waals surface area contributed by atoms with Gasteiger partial charge < -0.3 is 9.47 Å². The van der Waals surface area contributed by atoms with Gasteiger partial charge in [0.1, 0.15) is 0 Å². The minimum Gasteiger partial charge on any atom is -0.384 e. The van der Waals surface area contributed by atoms with E-state index >= 15 is 0 Å². The lowest BCUT2D eigenvalue weighted by atomic mass is 9.87. The molecule has 0 bridgehead atoms. The minimum atomic E-state index is 0.402. The van der Waals surface area contributed by atoms with Gasteiger partial charge >= 0.3 is 0 Å². The van der Waals surface area contributed by atoms with E-state index in [9.17, 15) is 0 Å². The van der Waals surface area contributed by atoms with Crippen LogP contribution in [0, 0.1) is 11.8 Å². The molecule has 0 radical (unpaired) electrons. The molecular weight excluding hydrogens is 192 g/mol. The van der Waals surface area contributed by atoms with Gasteiger partial charge in [0, 0.05) is 33.0 Å². The van der Waals surface area contributed by atoms with Gasteiger partial charge in [-0.15, -0.1) is 0 Å². The van der Waals surface area contributed by atoms with Gasteiger partial charge in [-0.05, 0) is 31.1 Å². The van der Waals surface area contributed by atoms with Crippen molar-refractivity contribution in [1.82, 2.24) is 5.43 Å². The zero-order valence-corrected chi connectivity index (χ0v) is 9.87. The highest BCUT2D eigenvalue weighted by Gasteiger charge is 2.24. The molecule has 0 aliphatic carbocycles. The summed E-state index contributed by atoms with van der Waals surface area (Å²) in [5.41, 5.74) is 2.95. The minimum absolute atomic E-state index is 0.402. The van der Waals surface area contributed by atoms with E-state index in [4.69, 9.17) is 15.3 Å². The molecule has 3 N–H and O–H groups in total. The number of nitrogens with two attached hydrogens (primary N) is 1. The molecule has 1 aliphatic heterocycles. The molecule has 1 aliphatic rings. The smallest absolute Gasteiger partial charge is 0.0488 e. The van der Waals surface area contributed by atoms with Crippen LogP contribution in [0.4, 0.5) is 0 Å². The summed E-state index contributed by atoms with van der Waals surface area (Å²) >= 11 is 0. The average Bonchev–Trinajstić information content (AvgIpc) is 2.27. The van der Waals surface area contributed by atoms with E-state index < -0.39 is 0 Å². The topological polar surface area (TPSA) is 56.5 Å². The highest BCUT2D eigenvalue weighted by molar-refractivity contribution is 4.78. The standard InChI is InChI=1S/C11H24N2O2/c1-9(8-14-2)7-11(13-12)10-3-5-15-6-4-10/h9-11,13H,3-8,12H2,1-2H3. The summed E-state index contributed by atoms with van der Waals surface area (Å²) in [6, 6.07) is 0.402. The van der Waals surface area contributed by atoms with Crippen LogP contribution in [0.25, 0.3) is 0 Å². The lowest BCUT2D eigenvalue weighted by Gasteiger charge is -2.31. The first-order valence-electron chi connectivity index (χ1n) is 5.80. The summed E-state index contributed by atoms with van der Waals surface area (Å²) in [7, 11) is 1.75. The zero-order valence-electron chi connectivity index (χ0n) is 9.87. The summed E-state index contributed by atoms with van der Waals surface area (Å²) in [5, 5.41) is 0. The molecule has 0 spiro atoms. The lowest BCUT2D eigenvalue weighted by Crippen LogP contribution is -2.44. The molecule has 1 rings (SSSR count). The van der Waals surface area contributed by atoms with Crippen molar-refractivity contribution in [2.45, 2.75) is 32.2 Å². The van der Waals surface area contributed by atoms with E-state index in [1.807, 2.05) is 0 Å². The lowest BCUT2D eigenvalue weighted by molar-refractivity contribution is 0.0474. The molecular formula is C11H24N2O2. The monoisotopic (exact) mass is 216 g/mol. The van der Waals surface area contributed by atoms with Crippen LogP contribution in [0.15, 0.2) is 0 Å². The van der Waals surface area contributed by atoms with Crippen molar-refractivity contribution in [2.75, 3.05) is 26.9 Å². The van der Waals surface area contributed by atoms with Crippen molar-refractivity contribution < 1.29 is 9.47 Å². The first kappa shape index (κ1) is 12.9. The van der Waals surface area contributed by atoms with Crippen molar-refractivity contribution in [3.8, 4) is 0 Å². The number of rotatable bonds is 6. The molecule has 4 nitrogen and oxygen atoms in total. The van der Waals surface area contributed by atoms with Crippen LogP contribution in [0.1, 0.15) is 26.2 Å². The molecule has 2 unspecified atom stereocenters. The van der Waals surface area contributed by atoms with Crippen molar-refractivity contribution >= 4 is 0 Å². The second kappa shape index (κ2) is 7.17. The van der Waals surface area contributed by atoms with E-state index in [2.05, 4.69) is 12.3 Å². The fraction of sp³-hybridized carbons (Fsp3) is 1.00. The maximum absolute atomic E-state index is 5.62. The Morgan fingerprint density at radius 1 is 1.47 bits per heavy atom. The van der Waals surface area contributed by atoms with Gasteiger partial charge in [0.2, 0.25) is 0 Å². The predicted molar refractivity (Wildman–Crippen MR) is 60.3 cm³/mol. The SMILES string of the molecule is COCC(C)CC(NN)C1CCOCC1. The van der Waals surface area contributed by atoms with Crippen molar-refractivity contribution in [3.05, 3.63) is 0 Å². The molecule has 0 aromatic heterocycles. The highest BCUT2D eigenvalue weighted by Crippen LogP contribution is 2.22. The van der Waals surface area contributed by atoms with E-state index in [1.165, 1.54) is 0 Å². The molecule has 1 heterocycles. The number of ether oxygens (including phenoxy) is 2. The number of hydrazine groups is 1. The first-order valence-corrected chi connectivity index (χ1v) is 5.80. The van der Waals surface area contributed by atoms with E-state index in [0.717, 1.165) is 39.1 Å². The van der Waals surface area contributed by atoms with Crippen LogP contribution < -0.4 is 11.3 Å². The molecule has 90 valence electrons. The van der Waals surface area contributed by atoms with Crippen molar-refractivity contribution in [1.29, 1.82) is 0 Å². The predicted octanol–water partition coefficient (Wildman–Crippen LogP) is 0.917. The molecule has 0 aromatic carbocycles. The Balaban J connectivity index is 2.32. The first-order chi connectivity index (χ1) is 7.27. The van der Waals surface area contributed by atoms with Crippen LogP contribution >= 0.6 is 0 Å². The quantitative estimate of drug-likeness (QED) is 0.512. The maximum Gasteiger partial charge on any atom is 0.0488 e. The third-order valence-electron chi connectivity index (χ3n) is 3.16. The van der Waals surface area contributed by atoms with Crippen molar-refractivity contribution in [2.24, 2.45) is 17.7 Å². The Labute approximate surface area is 92.5 Å². The molecule has 15 heavy (non-hydrogen) atoms. The largest absolute Gasteiger partial charge is 0.384 e.